The van der Waals surface area contributed by atoms with E-state index in [0.717, 1.165) is 23.9 Å². The van der Waals surface area contributed by atoms with Gasteiger partial charge in [0.15, 0.2) is 0 Å². The number of nitrogens with zero attached hydrogens (tertiary/aromatic N) is 2. The molecule has 2 rings (SSSR count). The highest BCUT2D eigenvalue weighted by atomic mass is 15.2. The maximum atomic E-state index is 2.60. The molecule has 0 spiro atoms. The van der Waals surface area contributed by atoms with Gasteiger partial charge in [-0.1, -0.05) is 75.2 Å². The Kier molecular flexibility index (Phi) is 17.0. The standard InChI is InChI=1S/C10H21N.C9H19N.2C3H8/c1-8(2)9-6-7-10(3,4)11(9)5;1-4-10-7-5-6-9(10)8(2)3;2*1-3-2/h8-9H,6-7H2,1-5H3;8-9H,4-7H2,1-3H3;2*3H2,1-2H3. The van der Waals surface area contributed by atoms with Gasteiger partial charge in [-0.3, -0.25) is 4.90 Å². The molecule has 2 saturated heterocycles. The molecule has 0 aromatic heterocycles. The summed E-state index contributed by atoms with van der Waals surface area (Å²) in [5, 5.41) is 0. The summed E-state index contributed by atoms with van der Waals surface area (Å²) in [4.78, 5) is 5.14. The minimum atomic E-state index is 0.439. The third kappa shape index (κ3) is 11.5. The molecule has 0 aromatic carbocycles. The SMILES string of the molecule is CC(C)C1CCC(C)(C)N1C.CCC.CCC.CCN1CCCC1C(C)C. The Labute approximate surface area is 174 Å². The molecule has 2 unspecified atom stereocenters. The van der Waals surface area contributed by atoms with E-state index in [1.165, 1.54) is 51.6 Å². The van der Waals surface area contributed by atoms with Crippen molar-refractivity contribution in [3.05, 3.63) is 0 Å². The molecule has 0 bridgehead atoms. The van der Waals surface area contributed by atoms with Crippen LogP contribution in [0.5, 0.6) is 0 Å². The lowest BCUT2D eigenvalue weighted by Crippen LogP contribution is -2.41. The highest BCUT2D eigenvalue weighted by Crippen LogP contribution is 2.34. The van der Waals surface area contributed by atoms with E-state index in [9.17, 15) is 0 Å². The predicted molar refractivity (Wildman–Crippen MR) is 127 cm³/mol. The monoisotopic (exact) mass is 384 g/mol. The molecular weight excluding hydrogens is 328 g/mol. The zero-order chi connectivity index (χ0) is 21.6. The van der Waals surface area contributed by atoms with Crippen LogP contribution in [0.1, 0.15) is 115 Å². The Bertz CT molecular complexity index is 320. The first-order valence-corrected chi connectivity index (χ1v) is 12.0. The first kappa shape index (κ1) is 29.1. The summed E-state index contributed by atoms with van der Waals surface area (Å²) in [5.74, 6) is 1.66. The maximum absolute atomic E-state index is 2.60. The van der Waals surface area contributed by atoms with Crippen LogP contribution in [0.25, 0.3) is 0 Å². The molecule has 2 atom stereocenters. The molecule has 2 heterocycles. The van der Waals surface area contributed by atoms with Crippen LogP contribution < -0.4 is 0 Å². The van der Waals surface area contributed by atoms with Crippen LogP contribution in [0, 0.1) is 11.8 Å². The van der Waals surface area contributed by atoms with Gasteiger partial charge >= 0.3 is 0 Å². The largest absolute Gasteiger partial charge is 0.300 e. The minimum absolute atomic E-state index is 0.439. The number of rotatable bonds is 3. The van der Waals surface area contributed by atoms with Gasteiger partial charge in [-0.15, -0.1) is 0 Å². The second-order valence-corrected chi connectivity index (χ2v) is 9.77. The Morgan fingerprint density at radius 3 is 1.48 bits per heavy atom. The van der Waals surface area contributed by atoms with E-state index in [4.69, 9.17) is 0 Å². The van der Waals surface area contributed by atoms with Gasteiger partial charge < -0.3 is 4.90 Å². The lowest BCUT2D eigenvalue weighted by atomic mass is 10.0. The van der Waals surface area contributed by atoms with Gasteiger partial charge in [-0.25, -0.2) is 0 Å². The van der Waals surface area contributed by atoms with Crippen molar-refractivity contribution in [3.63, 3.8) is 0 Å². The average Bonchev–Trinajstić information content (AvgIpc) is 3.15. The summed E-state index contributed by atoms with van der Waals surface area (Å²) >= 11 is 0. The van der Waals surface area contributed by atoms with Gasteiger partial charge in [-0.05, 0) is 71.5 Å². The molecule has 0 saturated carbocycles. The molecule has 166 valence electrons. The molecule has 0 aliphatic carbocycles. The molecule has 0 radical (unpaired) electrons. The van der Waals surface area contributed by atoms with Crippen LogP contribution in [-0.2, 0) is 0 Å². The van der Waals surface area contributed by atoms with Gasteiger partial charge in [0, 0.05) is 17.6 Å². The van der Waals surface area contributed by atoms with Gasteiger partial charge in [0.05, 0.1) is 0 Å². The van der Waals surface area contributed by atoms with Crippen LogP contribution >= 0.6 is 0 Å². The lowest BCUT2D eigenvalue weighted by molar-refractivity contribution is 0.141. The second-order valence-electron chi connectivity index (χ2n) is 9.77. The quantitative estimate of drug-likeness (QED) is 0.497. The molecule has 2 fully saturated rings. The molecular formula is C25H56N2. The maximum Gasteiger partial charge on any atom is 0.0153 e. The highest BCUT2D eigenvalue weighted by molar-refractivity contribution is 4.93. The van der Waals surface area contributed by atoms with E-state index in [2.05, 4.69) is 93.0 Å². The van der Waals surface area contributed by atoms with Gasteiger partial charge in [0.2, 0.25) is 0 Å². The van der Waals surface area contributed by atoms with Crippen molar-refractivity contribution in [2.75, 3.05) is 20.1 Å². The second kappa shape index (κ2) is 15.8. The third-order valence-corrected chi connectivity index (χ3v) is 5.86. The van der Waals surface area contributed by atoms with Crippen LogP contribution in [0.3, 0.4) is 0 Å². The molecule has 0 amide bonds. The molecule has 2 aliphatic heterocycles. The fraction of sp³-hybridized carbons (Fsp3) is 1.00. The van der Waals surface area contributed by atoms with E-state index < -0.39 is 0 Å². The van der Waals surface area contributed by atoms with Crippen LogP contribution in [0.4, 0.5) is 0 Å². The molecule has 0 aromatic rings. The van der Waals surface area contributed by atoms with Gasteiger partial charge in [-0.2, -0.15) is 0 Å². The fourth-order valence-corrected chi connectivity index (χ4v) is 4.10. The molecule has 2 heteroatoms. The lowest BCUT2D eigenvalue weighted by Gasteiger charge is -2.33. The van der Waals surface area contributed by atoms with Crippen molar-refractivity contribution in [1.29, 1.82) is 0 Å². The summed E-state index contributed by atoms with van der Waals surface area (Å²) in [5.41, 5.74) is 0.439. The van der Waals surface area contributed by atoms with Crippen molar-refractivity contribution in [3.8, 4) is 0 Å². The summed E-state index contributed by atoms with van der Waals surface area (Å²) < 4.78 is 0. The molecule has 0 N–H and O–H groups in total. The summed E-state index contributed by atoms with van der Waals surface area (Å²) in [6, 6.07) is 1.69. The Morgan fingerprint density at radius 2 is 1.26 bits per heavy atom. The summed E-state index contributed by atoms with van der Waals surface area (Å²) in [6.45, 7) is 27.3. The van der Waals surface area contributed by atoms with E-state index in [-0.39, 0.29) is 0 Å². The summed E-state index contributed by atoms with van der Waals surface area (Å²) in [6.07, 6.45) is 8.07. The topological polar surface area (TPSA) is 6.48 Å². The van der Waals surface area contributed by atoms with Crippen molar-refractivity contribution in [2.24, 2.45) is 11.8 Å². The fourth-order valence-electron chi connectivity index (χ4n) is 4.10. The smallest absolute Gasteiger partial charge is 0.0153 e. The van der Waals surface area contributed by atoms with E-state index in [1.54, 1.807) is 0 Å². The highest BCUT2D eigenvalue weighted by Gasteiger charge is 2.37. The normalized spacial score (nSPS) is 24.7. The zero-order valence-electron chi connectivity index (χ0n) is 21.4. The first-order chi connectivity index (χ1) is 12.5. The Hall–Kier alpha value is -0.0800. The molecule has 2 nitrogen and oxygen atoms in total. The molecule has 27 heavy (non-hydrogen) atoms. The zero-order valence-corrected chi connectivity index (χ0v) is 21.4. The van der Waals surface area contributed by atoms with Crippen molar-refractivity contribution in [1.82, 2.24) is 9.80 Å². The average molecular weight is 385 g/mol. The van der Waals surface area contributed by atoms with Crippen molar-refractivity contribution in [2.45, 2.75) is 132 Å². The van der Waals surface area contributed by atoms with E-state index >= 15 is 0 Å². The Balaban J connectivity index is 0. The number of hydrogen-bond donors (Lipinski definition) is 0. The van der Waals surface area contributed by atoms with Crippen molar-refractivity contribution < 1.29 is 0 Å². The number of likely N-dealkylation sites (tertiary alicyclic amines) is 2. The molecule has 2 aliphatic rings. The van der Waals surface area contributed by atoms with Crippen LogP contribution in [0.2, 0.25) is 0 Å². The van der Waals surface area contributed by atoms with Crippen LogP contribution in [-0.4, -0.2) is 47.6 Å². The summed E-state index contributed by atoms with van der Waals surface area (Å²) in [7, 11) is 2.26. The first-order valence-electron chi connectivity index (χ1n) is 12.0. The van der Waals surface area contributed by atoms with E-state index in [0.29, 0.717) is 5.54 Å². The van der Waals surface area contributed by atoms with Gasteiger partial charge in [0.1, 0.15) is 0 Å². The third-order valence-electron chi connectivity index (χ3n) is 5.86. The number of hydrogen-bond acceptors (Lipinski definition) is 2. The van der Waals surface area contributed by atoms with Crippen molar-refractivity contribution >= 4 is 0 Å². The van der Waals surface area contributed by atoms with E-state index in [1.807, 2.05) is 0 Å². The Morgan fingerprint density at radius 1 is 0.815 bits per heavy atom. The van der Waals surface area contributed by atoms with Gasteiger partial charge in [0.25, 0.3) is 0 Å². The minimum Gasteiger partial charge on any atom is -0.300 e. The van der Waals surface area contributed by atoms with Crippen LogP contribution in [0.15, 0.2) is 0 Å². The predicted octanol–water partition coefficient (Wildman–Crippen LogP) is 7.47.